The highest BCUT2D eigenvalue weighted by atomic mass is 16.5. The zero-order valence-corrected chi connectivity index (χ0v) is 16.5. The van der Waals surface area contributed by atoms with Crippen LogP contribution < -0.4 is 10.1 Å². The number of carbonyl (C=O) groups excluding carboxylic acids is 2. The normalized spacial score (nSPS) is 11.6. The molecule has 0 aromatic heterocycles. The zero-order chi connectivity index (χ0) is 19.8. The molecular formula is C22H28N2O3. The molecule has 144 valence electrons. The Morgan fingerprint density at radius 3 is 2.33 bits per heavy atom. The molecule has 5 heteroatoms. The van der Waals surface area contributed by atoms with Crippen molar-refractivity contribution in [1.29, 1.82) is 0 Å². The number of nitrogens with zero attached hydrogens (tertiary/aromatic N) is 1. The van der Waals surface area contributed by atoms with Gasteiger partial charge in [-0.2, -0.15) is 0 Å². The lowest BCUT2D eigenvalue weighted by atomic mass is 10.1. The SMILES string of the molecule is CC[C@H](C(=O)NC)N(Cc1cccc(C)c1)C(=O)COc1cccc(C)c1. The molecule has 1 atom stereocenters. The minimum Gasteiger partial charge on any atom is -0.484 e. The van der Waals surface area contributed by atoms with Crippen LogP contribution in [0.4, 0.5) is 0 Å². The van der Waals surface area contributed by atoms with E-state index in [1.54, 1.807) is 11.9 Å². The van der Waals surface area contributed by atoms with Crippen molar-refractivity contribution in [3.8, 4) is 5.75 Å². The Hall–Kier alpha value is -2.82. The number of carbonyl (C=O) groups is 2. The first kappa shape index (κ1) is 20.5. The van der Waals surface area contributed by atoms with Gasteiger partial charge < -0.3 is 15.0 Å². The van der Waals surface area contributed by atoms with Crippen molar-refractivity contribution >= 4 is 11.8 Å². The first-order valence-electron chi connectivity index (χ1n) is 9.20. The summed E-state index contributed by atoms with van der Waals surface area (Å²) in [5, 5.41) is 2.66. The Kier molecular flexibility index (Phi) is 7.41. The molecule has 2 amide bonds. The number of hydrogen-bond acceptors (Lipinski definition) is 3. The van der Waals surface area contributed by atoms with Crippen molar-refractivity contribution in [2.45, 2.75) is 39.8 Å². The van der Waals surface area contributed by atoms with Crippen LogP contribution in [-0.4, -0.2) is 36.4 Å². The lowest BCUT2D eigenvalue weighted by Gasteiger charge is -2.30. The first-order valence-corrected chi connectivity index (χ1v) is 9.20. The third kappa shape index (κ3) is 5.84. The molecule has 2 aromatic rings. The summed E-state index contributed by atoms with van der Waals surface area (Å²) in [6, 6.07) is 15.0. The van der Waals surface area contributed by atoms with E-state index in [1.165, 1.54) is 0 Å². The maximum atomic E-state index is 12.9. The molecule has 0 spiro atoms. The number of rotatable bonds is 8. The van der Waals surface area contributed by atoms with Gasteiger partial charge in [0.2, 0.25) is 5.91 Å². The Morgan fingerprint density at radius 1 is 1.07 bits per heavy atom. The van der Waals surface area contributed by atoms with E-state index < -0.39 is 6.04 Å². The Morgan fingerprint density at radius 2 is 1.74 bits per heavy atom. The maximum absolute atomic E-state index is 12.9. The van der Waals surface area contributed by atoms with Gasteiger partial charge >= 0.3 is 0 Å². The number of ether oxygens (including phenoxy) is 1. The van der Waals surface area contributed by atoms with Crippen molar-refractivity contribution in [3.05, 3.63) is 65.2 Å². The van der Waals surface area contributed by atoms with Crippen molar-refractivity contribution in [3.63, 3.8) is 0 Å². The molecule has 5 nitrogen and oxygen atoms in total. The maximum Gasteiger partial charge on any atom is 0.261 e. The summed E-state index contributed by atoms with van der Waals surface area (Å²) in [5.74, 6) is 0.259. The molecule has 0 unspecified atom stereocenters. The fraction of sp³-hybridized carbons (Fsp3) is 0.364. The van der Waals surface area contributed by atoms with Crippen LogP contribution in [-0.2, 0) is 16.1 Å². The topological polar surface area (TPSA) is 58.6 Å². The Balaban J connectivity index is 2.18. The van der Waals surface area contributed by atoms with E-state index in [1.807, 2.05) is 69.3 Å². The van der Waals surface area contributed by atoms with Gasteiger partial charge in [0.25, 0.3) is 5.91 Å². The third-order valence-electron chi connectivity index (χ3n) is 4.42. The van der Waals surface area contributed by atoms with E-state index in [4.69, 9.17) is 4.74 Å². The van der Waals surface area contributed by atoms with E-state index in [2.05, 4.69) is 5.32 Å². The molecule has 0 saturated carbocycles. The first-order chi connectivity index (χ1) is 12.9. The Labute approximate surface area is 161 Å². The van der Waals surface area contributed by atoms with Crippen molar-refractivity contribution in [1.82, 2.24) is 10.2 Å². The molecule has 2 aromatic carbocycles. The largest absolute Gasteiger partial charge is 0.484 e. The summed E-state index contributed by atoms with van der Waals surface area (Å²) in [4.78, 5) is 26.9. The lowest BCUT2D eigenvalue weighted by molar-refractivity contribution is -0.142. The minimum atomic E-state index is -0.538. The van der Waals surface area contributed by atoms with Crippen LogP contribution in [0.25, 0.3) is 0 Å². The molecule has 0 bridgehead atoms. The lowest BCUT2D eigenvalue weighted by Crippen LogP contribution is -2.49. The highest BCUT2D eigenvalue weighted by Crippen LogP contribution is 2.16. The van der Waals surface area contributed by atoms with Gasteiger partial charge in [-0.1, -0.05) is 48.9 Å². The second-order valence-corrected chi connectivity index (χ2v) is 6.65. The zero-order valence-electron chi connectivity index (χ0n) is 16.5. The highest BCUT2D eigenvalue weighted by molar-refractivity contribution is 5.88. The number of amides is 2. The second kappa shape index (κ2) is 9.76. The van der Waals surface area contributed by atoms with Crippen LogP contribution in [0.15, 0.2) is 48.5 Å². The summed E-state index contributed by atoms with van der Waals surface area (Å²) >= 11 is 0. The van der Waals surface area contributed by atoms with Gasteiger partial charge in [-0.25, -0.2) is 0 Å². The van der Waals surface area contributed by atoms with Crippen molar-refractivity contribution in [2.75, 3.05) is 13.7 Å². The molecule has 2 rings (SSSR count). The van der Waals surface area contributed by atoms with E-state index in [0.29, 0.717) is 18.7 Å². The molecule has 0 fully saturated rings. The van der Waals surface area contributed by atoms with Gasteiger partial charge in [-0.3, -0.25) is 9.59 Å². The van der Waals surface area contributed by atoms with Crippen molar-refractivity contribution < 1.29 is 14.3 Å². The summed E-state index contributed by atoms with van der Waals surface area (Å²) in [5.41, 5.74) is 3.17. The fourth-order valence-electron chi connectivity index (χ4n) is 3.03. The highest BCUT2D eigenvalue weighted by Gasteiger charge is 2.28. The van der Waals surface area contributed by atoms with Gasteiger partial charge in [0.1, 0.15) is 11.8 Å². The monoisotopic (exact) mass is 368 g/mol. The van der Waals surface area contributed by atoms with Gasteiger partial charge in [0.15, 0.2) is 6.61 Å². The average Bonchev–Trinajstić information content (AvgIpc) is 2.65. The van der Waals surface area contributed by atoms with Crippen LogP contribution >= 0.6 is 0 Å². The van der Waals surface area contributed by atoms with Gasteiger partial charge in [0, 0.05) is 13.6 Å². The number of benzene rings is 2. The fourth-order valence-corrected chi connectivity index (χ4v) is 3.03. The summed E-state index contributed by atoms with van der Waals surface area (Å²) in [6.45, 7) is 6.13. The van der Waals surface area contributed by atoms with E-state index >= 15 is 0 Å². The van der Waals surface area contributed by atoms with E-state index in [-0.39, 0.29) is 18.4 Å². The van der Waals surface area contributed by atoms with Crippen LogP contribution in [0.2, 0.25) is 0 Å². The summed E-state index contributed by atoms with van der Waals surface area (Å²) < 4.78 is 5.68. The van der Waals surface area contributed by atoms with Crippen LogP contribution in [0.1, 0.15) is 30.0 Å². The molecule has 0 aliphatic rings. The number of nitrogens with one attached hydrogen (secondary N) is 1. The third-order valence-corrected chi connectivity index (χ3v) is 4.42. The predicted molar refractivity (Wildman–Crippen MR) is 107 cm³/mol. The molecule has 27 heavy (non-hydrogen) atoms. The molecule has 0 radical (unpaired) electrons. The molecular weight excluding hydrogens is 340 g/mol. The second-order valence-electron chi connectivity index (χ2n) is 6.65. The van der Waals surface area contributed by atoms with Crippen LogP contribution in [0.3, 0.4) is 0 Å². The average molecular weight is 368 g/mol. The number of aryl methyl sites for hydroxylation is 2. The van der Waals surface area contributed by atoms with Gasteiger partial charge in [0.05, 0.1) is 0 Å². The standard InChI is InChI=1S/C22H28N2O3/c1-5-20(22(26)23-4)24(14-18-10-6-8-16(2)12-18)21(25)15-27-19-11-7-9-17(3)13-19/h6-13,20H,5,14-15H2,1-4H3,(H,23,26)/t20-/m1/s1. The molecule has 0 aliphatic heterocycles. The predicted octanol–water partition coefficient (Wildman–Crippen LogP) is 3.24. The quantitative estimate of drug-likeness (QED) is 0.778. The van der Waals surface area contributed by atoms with Crippen molar-refractivity contribution in [2.24, 2.45) is 0 Å². The summed E-state index contributed by atoms with van der Waals surface area (Å²) in [6.07, 6.45) is 0.529. The molecule has 1 N–H and O–H groups in total. The van der Waals surface area contributed by atoms with Crippen LogP contribution in [0.5, 0.6) is 5.75 Å². The minimum absolute atomic E-state index is 0.108. The Bertz CT molecular complexity index is 789. The van der Waals surface area contributed by atoms with Crippen LogP contribution in [0, 0.1) is 13.8 Å². The molecule has 0 saturated heterocycles. The molecule has 0 heterocycles. The number of hydrogen-bond donors (Lipinski definition) is 1. The summed E-state index contributed by atoms with van der Waals surface area (Å²) in [7, 11) is 1.59. The van der Waals surface area contributed by atoms with E-state index in [9.17, 15) is 9.59 Å². The molecule has 0 aliphatic carbocycles. The van der Waals surface area contributed by atoms with E-state index in [0.717, 1.165) is 16.7 Å². The van der Waals surface area contributed by atoms with Gasteiger partial charge in [-0.05, 0) is 43.5 Å². The van der Waals surface area contributed by atoms with Gasteiger partial charge in [-0.15, -0.1) is 0 Å². The smallest absolute Gasteiger partial charge is 0.261 e. The number of likely N-dealkylation sites (N-methyl/N-ethyl adjacent to an activating group) is 1.